The van der Waals surface area contributed by atoms with E-state index in [1.165, 1.54) is 49.7 Å². The van der Waals surface area contributed by atoms with E-state index < -0.39 is 0 Å². The molecule has 0 aromatic heterocycles. The van der Waals surface area contributed by atoms with Crippen LogP contribution in [0.3, 0.4) is 0 Å². The van der Waals surface area contributed by atoms with Crippen LogP contribution in [-0.4, -0.2) is 11.7 Å². The third-order valence-corrected chi connectivity index (χ3v) is 7.39. The molecule has 0 radical (unpaired) electrons. The zero-order valence-electron chi connectivity index (χ0n) is 14.1. The summed E-state index contributed by atoms with van der Waals surface area (Å²) in [6, 6.07) is 0. The highest BCUT2D eigenvalue weighted by molar-refractivity contribution is 5.21. The fraction of sp³-hybridized carbons (Fsp3) is 0.800. The summed E-state index contributed by atoms with van der Waals surface area (Å²) in [6.45, 7) is 11.9. The molecule has 0 heterocycles. The summed E-state index contributed by atoms with van der Waals surface area (Å²) in [5, 5.41) is 9.04. The van der Waals surface area contributed by atoms with Gasteiger partial charge in [-0.1, -0.05) is 37.6 Å². The predicted octanol–water partition coefficient (Wildman–Crippen LogP) is 5.11. The number of allylic oxidation sites excluding steroid dienone is 2. The molecule has 21 heavy (non-hydrogen) atoms. The van der Waals surface area contributed by atoms with Crippen molar-refractivity contribution in [2.75, 3.05) is 6.61 Å². The number of aliphatic hydroxyl groups excluding tert-OH is 1. The smallest absolute Gasteiger partial charge is 0.0614 e. The quantitative estimate of drug-likeness (QED) is 0.712. The minimum absolute atomic E-state index is 0.178. The van der Waals surface area contributed by atoms with Crippen molar-refractivity contribution in [2.45, 2.75) is 65.7 Å². The van der Waals surface area contributed by atoms with Crippen molar-refractivity contribution >= 4 is 0 Å². The molecule has 0 aliphatic heterocycles. The SMILES string of the molecule is C=C1CCC2C3(C)CC3CCC2(C)C1CCC(C)=CCO. The maximum Gasteiger partial charge on any atom is 0.0614 e. The summed E-state index contributed by atoms with van der Waals surface area (Å²) in [5.74, 6) is 2.64. The lowest BCUT2D eigenvalue weighted by molar-refractivity contribution is -0.0152. The van der Waals surface area contributed by atoms with Crippen molar-refractivity contribution in [2.24, 2.45) is 28.6 Å². The standard InChI is InChI=1S/C20H32O/c1-14(10-12-21)5-7-17-15(2)6-8-18-19(17,3)11-9-16-13-20(16,18)4/h10,16-18,21H,2,5-9,11-13H2,1,3-4H3. The van der Waals surface area contributed by atoms with Crippen LogP contribution in [0.5, 0.6) is 0 Å². The van der Waals surface area contributed by atoms with E-state index in [0.717, 1.165) is 18.3 Å². The molecular formula is C20H32O. The van der Waals surface area contributed by atoms with Crippen LogP contribution in [0.2, 0.25) is 0 Å². The second-order valence-electron chi connectivity index (χ2n) is 8.53. The van der Waals surface area contributed by atoms with Crippen LogP contribution in [0, 0.1) is 28.6 Å². The first kappa shape index (κ1) is 15.3. The number of aliphatic hydroxyl groups is 1. The van der Waals surface area contributed by atoms with Gasteiger partial charge in [-0.3, -0.25) is 0 Å². The van der Waals surface area contributed by atoms with Crippen LogP contribution in [0.25, 0.3) is 0 Å². The lowest BCUT2D eigenvalue weighted by Gasteiger charge is -2.54. The molecule has 118 valence electrons. The summed E-state index contributed by atoms with van der Waals surface area (Å²) in [4.78, 5) is 0. The summed E-state index contributed by atoms with van der Waals surface area (Å²) < 4.78 is 0. The molecule has 5 atom stereocenters. The highest BCUT2D eigenvalue weighted by Gasteiger charge is 2.64. The number of fused-ring (bicyclic) bond motifs is 3. The van der Waals surface area contributed by atoms with Crippen LogP contribution in [-0.2, 0) is 0 Å². The number of hydrogen-bond donors (Lipinski definition) is 1. The van der Waals surface area contributed by atoms with Crippen LogP contribution in [0.1, 0.15) is 65.7 Å². The van der Waals surface area contributed by atoms with Crippen molar-refractivity contribution in [1.29, 1.82) is 0 Å². The molecule has 0 aromatic carbocycles. The molecule has 0 saturated heterocycles. The minimum Gasteiger partial charge on any atom is -0.392 e. The molecule has 0 bridgehead atoms. The first-order valence-corrected chi connectivity index (χ1v) is 8.86. The largest absolute Gasteiger partial charge is 0.392 e. The van der Waals surface area contributed by atoms with Crippen LogP contribution >= 0.6 is 0 Å². The molecule has 0 aromatic rings. The van der Waals surface area contributed by atoms with Crippen LogP contribution < -0.4 is 0 Å². The normalized spacial score (nSPS) is 46.0. The predicted molar refractivity (Wildman–Crippen MR) is 89.0 cm³/mol. The van der Waals surface area contributed by atoms with Crippen molar-refractivity contribution in [1.82, 2.24) is 0 Å². The topological polar surface area (TPSA) is 20.2 Å². The van der Waals surface area contributed by atoms with Gasteiger partial charge in [-0.15, -0.1) is 0 Å². The second kappa shape index (κ2) is 5.26. The van der Waals surface area contributed by atoms with Gasteiger partial charge in [0.25, 0.3) is 0 Å². The molecule has 3 fully saturated rings. The first-order valence-electron chi connectivity index (χ1n) is 8.86. The zero-order chi connectivity index (χ0) is 15.3. The monoisotopic (exact) mass is 288 g/mol. The fourth-order valence-electron chi connectivity index (χ4n) is 5.95. The molecule has 1 heteroatoms. The van der Waals surface area contributed by atoms with E-state index in [0.29, 0.717) is 16.7 Å². The summed E-state index contributed by atoms with van der Waals surface area (Å²) >= 11 is 0. The van der Waals surface area contributed by atoms with E-state index >= 15 is 0 Å². The Morgan fingerprint density at radius 3 is 2.81 bits per heavy atom. The Hall–Kier alpha value is -0.560. The summed E-state index contributed by atoms with van der Waals surface area (Å²) in [6.07, 6.45) is 11.3. The maximum atomic E-state index is 9.04. The third-order valence-electron chi connectivity index (χ3n) is 7.39. The Labute approximate surface area is 130 Å². The van der Waals surface area contributed by atoms with Gasteiger partial charge in [0.2, 0.25) is 0 Å². The number of rotatable bonds is 4. The molecule has 0 spiro atoms. The van der Waals surface area contributed by atoms with E-state index in [4.69, 9.17) is 5.11 Å². The molecule has 3 aliphatic rings. The van der Waals surface area contributed by atoms with Gasteiger partial charge in [-0.2, -0.15) is 0 Å². The van der Waals surface area contributed by atoms with Crippen molar-refractivity contribution < 1.29 is 5.11 Å². The summed E-state index contributed by atoms with van der Waals surface area (Å²) in [7, 11) is 0. The third kappa shape index (κ3) is 2.42. The summed E-state index contributed by atoms with van der Waals surface area (Å²) in [5.41, 5.74) is 3.98. The van der Waals surface area contributed by atoms with E-state index in [1.807, 2.05) is 6.08 Å². The zero-order valence-corrected chi connectivity index (χ0v) is 14.1. The van der Waals surface area contributed by atoms with Crippen LogP contribution in [0.15, 0.2) is 23.8 Å². The van der Waals surface area contributed by atoms with Crippen molar-refractivity contribution in [3.8, 4) is 0 Å². The van der Waals surface area contributed by atoms with Gasteiger partial charge in [0, 0.05) is 0 Å². The molecule has 3 rings (SSSR count). The molecule has 1 nitrogen and oxygen atoms in total. The van der Waals surface area contributed by atoms with Gasteiger partial charge in [0.15, 0.2) is 0 Å². The van der Waals surface area contributed by atoms with E-state index in [-0.39, 0.29) is 6.61 Å². The highest BCUT2D eigenvalue weighted by Crippen LogP contribution is 2.73. The highest BCUT2D eigenvalue weighted by atomic mass is 16.2. The van der Waals surface area contributed by atoms with Gasteiger partial charge in [0.1, 0.15) is 0 Å². The Bertz CT molecular complexity index is 462. The average Bonchev–Trinajstić information content (AvgIpc) is 3.09. The first-order chi connectivity index (χ1) is 9.91. The molecule has 3 saturated carbocycles. The van der Waals surface area contributed by atoms with Crippen molar-refractivity contribution in [3.05, 3.63) is 23.8 Å². The Morgan fingerprint density at radius 1 is 1.33 bits per heavy atom. The van der Waals surface area contributed by atoms with E-state index in [2.05, 4.69) is 27.4 Å². The van der Waals surface area contributed by atoms with Crippen LogP contribution in [0.4, 0.5) is 0 Å². The number of hydrogen-bond acceptors (Lipinski definition) is 1. The van der Waals surface area contributed by atoms with Gasteiger partial charge in [-0.25, -0.2) is 0 Å². The Kier molecular flexibility index (Phi) is 3.84. The lowest BCUT2D eigenvalue weighted by atomic mass is 9.50. The second-order valence-corrected chi connectivity index (χ2v) is 8.53. The Balaban J connectivity index is 1.77. The van der Waals surface area contributed by atoms with Crippen molar-refractivity contribution in [3.63, 3.8) is 0 Å². The van der Waals surface area contributed by atoms with Gasteiger partial charge < -0.3 is 5.11 Å². The fourth-order valence-corrected chi connectivity index (χ4v) is 5.95. The van der Waals surface area contributed by atoms with E-state index in [1.54, 1.807) is 0 Å². The van der Waals surface area contributed by atoms with Gasteiger partial charge in [0.05, 0.1) is 6.61 Å². The average molecular weight is 288 g/mol. The molecule has 1 N–H and O–H groups in total. The molecular weight excluding hydrogens is 256 g/mol. The Morgan fingerprint density at radius 2 is 2.10 bits per heavy atom. The molecule has 0 amide bonds. The molecule has 5 unspecified atom stereocenters. The van der Waals surface area contributed by atoms with E-state index in [9.17, 15) is 0 Å². The van der Waals surface area contributed by atoms with Gasteiger partial charge in [-0.05, 0) is 80.5 Å². The minimum atomic E-state index is 0.178. The van der Waals surface area contributed by atoms with Gasteiger partial charge >= 0.3 is 0 Å². The maximum absolute atomic E-state index is 9.04. The lowest BCUT2D eigenvalue weighted by Crippen LogP contribution is -2.46. The molecule has 3 aliphatic carbocycles.